The van der Waals surface area contributed by atoms with Crippen LogP contribution in [-0.4, -0.2) is 24.4 Å². The maximum Gasteiger partial charge on any atom is 0.287 e. The number of nitrogens with one attached hydrogen (secondary N) is 2. The Hall–Kier alpha value is -2.30. The molecule has 3 rings (SSSR count). The van der Waals surface area contributed by atoms with Crippen LogP contribution in [0, 0.1) is 6.92 Å². The van der Waals surface area contributed by atoms with Crippen molar-refractivity contribution in [3.63, 3.8) is 0 Å². The molecule has 1 unspecified atom stereocenters. The van der Waals surface area contributed by atoms with Crippen LogP contribution in [0.5, 0.6) is 0 Å². The Morgan fingerprint density at radius 1 is 1.40 bits per heavy atom. The zero-order valence-corrected chi connectivity index (χ0v) is 11.2. The van der Waals surface area contributed by atoms with Crippen molar-refractivity contribution in [3.05, 3.63) is 35.6 Å². The predicted molar refractivity (Wildman–Crippen MR) is 74.4 cm³/mol. The first-order valence-corrected chi connectivity index (χ1v) is 6.69. The summed E-state index contributed by atoms with van der Waals surface area (Å²) >= 11 is 0. The molecule has 1 aliphatic heterocycles. The lowest BCUT2D eigenvalue weighted by atomic mass is 10.1. The maximum absolute atomic E-state index is 12.1. The molecular formula is C15H16N2O3. The summed E-state index contributed by atoms with van der Waals surface area (Å²) in [6.07, 6.45) is 1.11. The highest BCUT2D eigenvalue weighted by molar-refractivity contribution is 5.96. The van der Waals surface area contributed by atoms with Crippen molar-refractivity contribution in [2.75, 3.05) is 6.54 Å². The van der Waals surface area contributed by atoms with E-state index in [1.807, 2.05) is 25.1 Å². The number of piperidine rings is 1. The minimum atomic E-state index is -0.236. The molecule has 0 radical (unpaired) electrons. The van der Waals surface area contributed by atoms with Crippen molar-refractivity contribution in [3.8, 4) is 0 Å². The first-order valence-electron chi connectivity index (χ1n) is 6.69. The average Bonchev–Trinajstić information content (AvgIpc) is 2.84. The van der Waals surface area contributed by atoms with Crippen LogP contribution in [0.2, 0.25) is 0 Å². The van der Waals surface area contributed by atoms with Crippen molar-refractivity contribution in [2.24, 2.45) is 0 Å². The smallest absolute Gasteiger partial charge is 0.287 e. The number of amides is 2. The van der Waals surface area contributed by atoms with Gasteiger partial charge >= 0.3 is 0 Å². The van der Waals surface area contributed by atoms with Crippen molar-refractivity contribution >= 4 is 22.8 Å². The fourth-order valence-electron chi connectivity index (χ4n) is 2.39. The molecule has 2 N–H and O–H groups in total. The van der Waals surface area contributed by atoms with Gasteiger partial charge in [-0.15, -0.1) is 0 Å². The van der Waals surface area contributed by atoms with Gasteiger partial charge in [0.2, 0.25) is 5.91 Å². The van der Waals surface area contributed by atoms with E-state index < -0.39 is 0 Å². The quantitative estimate of drug-likeness (QED) is 0.875. The van der Waals surface area contributed by atoms with Crippen LogP contribution < -0.4 is 10.6 Å². The Labute approximate surface area is 116 Å². The second-order valence-corrected chi connectivity index (χ2v) is 5.17. The van der Waals surface area contributed by atoms with Crippen molar-refractivity contribution < 1.29 is 14.0 Å². The van der Waals surface area contributed by atoms with Gasteiger partial charge in [-0.05, 0) is 31.5 Å². The zero-order chi connectivity index (χ0) is 14.1. The Bertz CT molecular complexity index is 665. The first-order chi connectivity index (χ1) is 9.61. The van der Waals surface area contributed by atoms with Gasteiger partial charge < -0.3 is 15.1 Å². The molecule has 1 saturated heterocycles. The number of aryl methyl sites for hydroxylation is 1. The number of carbonyl (C=O) groups excluding carboxylic acids is 2. The SMILES string of the molecule is Cc1ccc2oc(C(=O)NC3CCC(=O)NC3)cc2c1. The molecule has 20 heavy (non-hydrogen) atoms. The van der Waals surface area contributed by atoms with E-state index in [4.69, 9.17) is 4.42 Å². The highest BCUT2D eigenvalue weighted by Gasteiger charge is 2.21. The van der Waals surface area contributed by atoms with Crippen LogP contribution in [0.1, 0.15) is 29.0 Å². The minimum absolute atomic E-state index is 0.0323. The van der Waals surface area contributed by atoms with Crippen LogP contribution >= 0.6 is 0 Å². The van der Waals surface area contributed by atoms with E-state index in [9.17, 15) is 9.59 Å². The van der Waals surface area contributed by atoms with Gasteiger partial charge in [-0.1, -0.05) is 11.6 Å². The topological polar surface area (TPSA) is 71.3 Å². The summed E-state index contributed by atoms with van der Waals surface area (Å²) < 4.78 is 5.55. The Balaban J connectivity index is 1.73. The largest absolute Gasteiger partial charge is 0.451 e. The van der Waals surface area contributed by atoms with Crippen LogP contribution in [0.25, 0.3) is 11.0 Å². The van der Waals surface area contributed by atoms with Gasteiger partial charge in [-0.2, -0.15) is 0 Å². The number of hydrogen-bond acceptors (Lipinski definition) is 3. The van der Waals surface area contributed by atoms with Gasteiger partial charge in [0, 0.05) is 24.4 Å². The van der Waals surface area contributed by atoms with E-state index in [-0.39, 0.29) is 17.9 Å². The summed E-state index contributed by atoms with van der Waals surface area (Å²) in [5.74, 6) is 0.109. The Morgan fingerprint density at radius 2 is 2.25 bits per heavy atom. The number of benzene rings is 1. The fourth-order valence-corrected chi connectivity index (χ4v) is 2.39. The van der Waals surface area contributed by atoms with Crippen LogP contribution in [-0.2, 0) is 4.79 Å². The third kappa shape index (κ3) is 2.52. The van der Waals surface area contributed by atoms with Gasteiger partial charge in [0.25, 0.3) is 5.91 Å². The van der Waals surface area contributed by atoms with Gasteiger partial charge in [-0.25, -0.2) is 0 Å². The standard InChI is InChI=1S/C15H16N2O3/c1-9-2-4-12-10(6-9)7-13(20-12)15(19)17-11-3-5-14(18)16-8-11/h2,4,6-7,11H,3,5,8H2,1H3,(H,16,18)(H,17,19). The number of fused-ring (bicyclic) bond motifs is 1. The molecule has 0 bridgehead atoms. The third-order valence-electron chi connectivity index (χ3n) is 3.50. The third-order valence-corrected chi connectivity index (χ3v) is 3.50. The number of hydrogen-bond donors (Lipinski definition) is 2. The summed E-state index contributed by atoms with van der Waals surface area (Å²) in [5, 5.41) is 6.55. The maximum atomic E-state index is 12.1. The molecule has 5 nitrogen and oxygen atoms in total. The van der Waals surface area contributed by atoms with E-state index in [1.54, 1.807) is 6.07 Å². The molecule has 1 fully saturated rings. The molecule has 1 aromatic heterocycles. The van der Waals surface area contributed by atoms with E-state index in [1.165, 1.54) is 0 Å². The lowest BCUT2D eigenvalue weighted by Crippen LogP contribution is -2.47. The molecular weight excluding hydrogens is 256 g/mol. The zero-order valence-electron chi connectivity index (χ0n) is 11.2. The van der Waals surface area contributed by atoms with Gasteiger partial charge in [-0.3, -0.25) is 9.59 Å². The molecule has 2 amide bonds. The predicted octanol–water partition coefficient (Wildman–Crippen LogP) is 1.75. The monoisotopic (exact) mass is 272 g/mol. The summed E-state index contributed by atoms with van der Waals surface area (Å²) in [6, 6.07) is 7.51. The molecule has 104 valence electrons. The number of furan rings is 1. The highest BCUT2D eigenvalue weighted by Crippen LogP contribution is 2.20. The molecule has 1 aliphatic rings. The van der Waals surface area contributed by atoms with Crippen molar-refractivity contribution in [1.82, 2.24) is 10.6 Å². The number of rotatable bonds is 2. The molecule has 1 aromatic carbocycles. The highest BCUT2D eigenvalue weighted by atomic mass is 16.3. The van der Waals surface area contributed by atoms with Crippen LogP contribution in [0.4, 0.5) is 0 Å². The molecule has 1 atom stereocenters. The lowest BCUT2D eigenvalue weighted by Gasteiger charge is -2.22. The summed E-state index contributed by atoms with van der Waals surface area (Å²) in [5.41, 5.74) is 1.83. The number of carbonyl (C=O) groups is 2. The van der Waals surface area contributed by atoms with Crippen LogP contribution in [0.15, 0.2) is 28.7 Å². The molecule has 2 aromatic rings. The van der Waals surface area contributed by atoms with E-state index >= 15 is 0 Å². The van der Waals surface area contributed by atoms with Gasteiger partial charge in [0.15, 0.2) is 5.76 Å². The lowest BCUT2D eigenvalue weighted by molar-refractivity contribution is -0.122. The van der Waals surface area contributed by atoms with Crippen molar-refractivity contribution in [2.45, 2.75) is 25.8 Å². The second-order valence-electron chi connectivity index (χ2n) is 5.17. The summed E-state index contributed by atoms with van der Waals surface area (Å²) in [6.45, 7) is 2.47. The fraction of sp³-hybridized carbons (Fsp3) is 0.333. The second kappa shape index (κ2) is 5.00. The van der Waals surface area contributed by atoms with Gasteiger partial charge in [0.1, 0.15) is 5.58 Å². The first kappa shape index (κ1) is 12.7. The summed E-state index contributed by atoms with van der Waals surface area (Å²) in [4.78, 5) is 23.2. The molecule has 5 heteroatoms. The summed E-state index contributed by atoms with van der Waals surface area (Å²) in [7, 11) is 0. The van der Waals surface area contributed by atoms with E-state index in [0.29, 0.717) is 30.7 Å². The van der Waals surface area contributed by atoms with E-state index in [0.717, 1.165) is 10.9 Å². The van der Waals surface area contributed by atoms with E-state index in [2.05, 4.69) is 10.6 Å². The molecule has 0 saturated carbocycles. The van der Waals surface area contributed by atoms with Gasteiger partial charge in [0.05, 0.1) is 0 Å². The molecule has 0 aliphatic carbocycles. The Kier molecular flexibility index (Phi) is 3.18. The Morgan fingerprint density at radius 3 is 3.00 bits per heavy atom. The minimum Gasteiger partial charge on any atom is -0.451 e. The molecule has 0 spiro atoms. The molecule has 2 heterocycles. The van der Waals surface area contributed by atoms with Crippen LogP contribution in [0.3, 0.4) is 0 Å². The normalized spacial score (nSPS) is 18.9. The van der Waals surface area contributed by atoms with Crippen molar-refractivity contribution in [1.29, 1.82) is 0 Å². The average molecular weight is 272 g/mol.